The number of pyridine rings is 1. The minimum absolute atomic E-state index is 0.0335. The van der Waals surface area contributed by atoms with Gasteiger partial charge in [0.2, 0.25) is 0 Å². The highest BCUT2D eigenvalue weighted by Gasteiger charge is 2.26. The first-order valence-electron chi connectivity index (χ1n) is 13.6. The molecule has 11 nitrogen and oxygen atoms in total. The fraction of sp³-hybridized carbons (Fsp3) is 0.188. The molecule has 0 saturated heterocycles. The minimum Gasteiger partial charge on any atom is -0.508 e. The molecule has 0 spiro atoms. The molecular weight excluding hydrogens is 569 g/mol. The Bertz CT molecular complexity index is 1930. The molecule has 0 saturated carbocycles. The quantitative estimate of drug-likeness (QED) is 0.220. The lowest BCUT2D eigenvalue weighted by Gasteiger charge is -2.20. The predicted molar refractivity (Wildman–Crippen MR) is 162 cm³/mol. The molecule has 226 valence electrons. The van der Waals surface area contributed by atoms with Crippen molar-refractivity contribution >= 4 is 28.6 Å². The van der Waals surface area contributed by atoms with Gasteiger partial charge in [-0.05, 0) is 63.2 Å². The first-order valence-corrected chi connectivity index (χ1v) is 13.6. The third-order valence-electron chi connectivity index (χ3n) is 6.51. The fourth-order valence-corrected chi connectivity index (χ4v) is 4.58. The Morgan fingerprint density at radius 3 is 2.45 bits per heavy atom. The van der Waals surface area contributed by atoms with Crippen LogP contribution in [0, 0.1) is 5.82 Å². The van der Waals surface area contributed by atoms with Crippen LogP contribution in [0.3, 0.4) is 0 Å². The van der Waals surface area contributed by atoms with Crippen LogP contribution in [0.2, 0.25) is 0 Å². The van der Waals surface area contributed by atoms with Crippen molar-refractivity contribution in [2.24, 2.45) is 7.05 Å². The summed E-state index contributed by atoms with van der Waals surface area (Å²) in [7, 11) is 1.59. The van der Waals surface area contributed by atoms with Crippen molar-refractivity contribution in [3.63, 3.8) is 0 Å². The van der Waals surface area contributed by atoms with E-state index in [0.717, 1.165) is 6.07 Å². The summed E-state index contributed by atoms with van der Waals surface area (Å²) in [5.41, 5.74) is -0.368. The summed E-state index contributed by atoms with van der Waals surface area (Å²) in [5.74, 6) is -1.33. The van der Waals surface area contributed by atoms with Gasteiger partial charge in [0.25, 0.3) is 11.5 Å². The molecule has 0 aliphatic carbocycles. The molecule has 5 rings (SSSR count). The molecule has 2 heterocycles. The first-order chi connectivity index (χ1) is 20.9. The lowest BCUT2D eigenvalue weighted by molar-refractivity contribution is 0.0521. The van der Waals surface area contributed by atoms with Gasteiger partial charge in [0, 0.05) is 36.5 Å². The van der Waals surface area contributed by atoms with E-state index in [0.29, 0.717) is 22.3 Å². The van der Waals surface area contributed by atoms with E-state index in [4.69, 9.17) is 9.47 Å². The Kier molecular flexibility index (Phi) is 8.08. The second-order valence-corrected chi connectivity index (χ2v) is 10.9. The van der Waals surface area contributed by atoms with Crippen LogP contribution in [0.4, 0.5) is 14.9 Å². The van der Waals surface area contributed by atoms with E-state index in [2.05, 4.69) is 15.6 Å². The molecule has 12 heteroatoms. The van der Waals surface area contributed by atoms with Crippen molar-refractivity contribution in [2.45, 2.75) is 32.9 Å². The van der Waals surface area contributed by atoms with E-state index in [-0.39, 0.29) is 35.0 Å². The van der Waals surface area contributed by atoms with Crippen molar-refractivity contribution < 1.29 is 28.6 Å². The van der Waals surface area contributed by atoms with Crippen LogP contribution in [-0.4, -0.2) is 37.1 Å². The Hall–Kier alpha value is -5.65. The number of carbonyl (C=O) groups excluding carboxylic acids is 2. The summed E-state index contributed by atoms with van der Waals surface area (Å²) in [6.07, 6.45) is 0.751. The van der Waals surface area contributed by atoms with Crippen molar-refractivity contribution in [1.82, 2.24) is 19.7 Å². The number of hydrogen-bond donors (Lipinski definition) is 3. The predicted octanol–water partition coefficient (Wildman–Crippen LogP) is 5.64. The molecule has 2 amide bonds. The van der Waals surface area contributed by atoms with Crippen molar-refractivity contribution in [2.75, 3.05) is 5.32 Å². The molecular formula is C32H30FN5O6. The number of aromatic nitrogens is 3. The van der Waals surface area contributed by atoms with Gasteiger partial charge in [0.05, 0.1) is 23.4 Å². The SMILES string of the molecule is Cn1c(CNC(=O)OC(C)(C)C)c(C(=O)Nc2ccc(Oc3ccnc4cc(O)ccc34)c(F)c2)c(=O)n1-c1ccccc1. The number of amides is 2. The van der Waals surface area contributed by atoms with Crippen LogP contribution < -0.4 is 20.9 Å². The molecule has 0 unspecified atom stereocenters. The van der Waals surface area contributed by atoms with Crippen LogP contribution in [0.5, 0.6) is 17.2 Å². The average Bonchev–Trinajstić information content (AvgIpc) is 3.21. The highest BCUT2D eigenvalue weighted by molar-refractivity contribution is 6.05. The second kappa shape index (κ2) is 11.9. The smallest absolute Gasteiger partial charge is 0.407 e. The van der Waals surface area contributed by atoms with E-state index in [1.54, 1.807) is 70.3 Å². The van der Waals surface area contributed by atoms with Crippen molar-refractivity contribution in [3.05, 3.63) is 106 Å². The van der Waals surface area contributed by atoms with Gasteiger partial charge >= 0.3 is 6.09 Å². The third-order valence-corrected chi connectivity index (χ3v) is 6.51. The van der Waals surface area contributed by atoms with Gasteiger partial charge in [-0.1, -0.05) is 18.2 Å². The molecule has 0 bridgehead atoms. The number of aromatic hydroxyl groups is 1. The zero-order valence-electron chi connectivity index (χ0n) is 24.4. The maximum atomic E-state index is 15.2. The van der Waals surface area contributed by atoms with Gasteiger partial charge in [-0.2, -0.15) is 0 Å². The highest BCUT2D eigenvalue weighted by atomic mass is 19.1. The number of phenols is 1. The van der Waals surface area contributed by atoms with Gasteiger partial charge < -0.3 is 25.2 Å². The molecule has 0 fully saturated rings. The highest BCUT2D eigenvalue weighted by Crippen LogP contribution is 2.32. The fourth-order valence-electron chi connectivity index (χ4n) is 4.58. The van der Waals surface area contributed by atoms with Crippen LogP contribution in [-0.2, 0) is 18.3 Å². The monoisotopic (exact) mass is 599 g/mol. The number of rotatable bonds is 7. The zero-order chi connectivity index (χ0) is 31.6. The number of phenolic OH excluding ortho intramolecular Hbond substituents is 1. The Morgan fingerprint density at radius 1 is 1.00 bits per heavy atom. The Balaban J connectivity index is 1.42. The van der Waals surface area contributed by atoms with Gasteiger partial charge in [-0.15, -0.1) is 0 Å². The third kappa shape index (κ3) is 6.38. The van der Waals surface area contributed by atoms with E-state index in [1.165, 1.54) is 39.8 Å². The normalized spacial score (nSPS) is 11.3. The molecule has 5 aromatic rings. The number of hydrogen-bond acceptors (Lipinski definition) is 7. The summed E-state index contributed by atoms with van der Waals surface area (Å²) in [4.78, 5) is 43.7. The molecule has 44 heavy (non-hydrogen) atoms. The lowest BCUT2D eigenvalue weighted by Crippen LogP contribution is -2.33. The van der Waals surface area contributed by atoms with E-state index < -0.39 is 29.0 Å². The average molecular weight is 600 g/mol. The Labute approximate surface area is 251 Å². The van der Waals surface area contributed by atoms with E-state index >= 15 is 4.39 Å². The number of ether oxygens (including phenoxy) is 2. The molecule has 3 aromatic carbocycles. The van der Waals surface area contributed by atoms with Gasteiger partial charge in [0.15, 0.2) is 11.6 Å². The van der Waals surface area contributed by atoms with Crippen LogP contribution in [0.15, 0.2) is 83.8 Å². The molecule has 0 radical (unpaired) electrons. The maximum absolute atomic E-state index is 15.2. The Morgan fingerprint density at radius 2 is 1.75 bits per heavy atom. The number of para-hydroxylation sites is 1. The number of nitrogens with one attached hydrogen (secondary N) is 2. The first kappa shape index (κ1) is 29.8. The number of carbonyl (C=O) groups is 2. The molecule has 2 aromatic heterocycles. The summed E-state index contributed by atoms with van der Waals surface area (Å²) >= 11 is 0. The zero-order valence-corrected chi connectivity index (χ0v) is 24.4. The number of fused-ring (bicyclic) bond motifs is 1. The number of anilines is 1. The number of alkyl carbamates (subject to hydrolysis) is 1. The lowest BCUT2D eigenvalue weighted by atomic mass is 10.2. The largest absolute Gasteiger partial charge is 0.508 e. The number of halogens is 1. The topological polar surface area (TPSA) is 137 Å². The maximum Gasteiger partial charge on any atom is 0.407 e. The molecule has 0 atom stereocenters. The standard InChI is InChI=1S/C32H30FN5O6/c1-32(2,3)44-31(42)35-18-25-28(30(41)38(37(25)4)20-8-6-5-7-9-20)29(40)36-19-10-13-27(23(33)16-19)43-26-14-15-34-24-17-21(39)11-12-22(24)26/h5-17,39H,18H2,1-4H3,(H,35,42)(H,36,40). The summed E-state index contributed by atoms with van der Waals surface area (Å²) < 4.78 is 29.0. The number of benzene rings is 3. The summed E-state index contributed by atoms with van der Waals surface area (Å²) in [6, 6.07) is 18.6. The van der Waals surface area contributed by atoms with E-state index in [9.17, 15) is 19.5 Å². The van der Waals surface area contributed by atoms with Crippen molar-refractivity contribution in [1.29, 1.82) is 0 Å². The van der Waals surface area contributed by atoms with Gasteiger partial charge in [0.1, 0.15) is 22.7 Å². The minimum atomic E-state index is -0.797. The van der Waals surface area contributed by atoms with Gasteiger partial charge in [-0.25, -0.2) is 13.9 Å². The van der Waals surface area contributed by atoms with Crippen LogP contribution >= 0.6 is 0 Å². The second-order valence-electron chi connectivity index (χ2n) is 10.9. The van der Waals surface area contributed by atoms with Crippen LogP contribution in [0.1, 0.15) is 36.8 Å². The van der Waals surface area contributed by atoms with E-state index in [1.807, 2.05) is 0 Å². The number of nitrogens with zero attached hydrogens (tertiary/aromatic N) is 3. The molecule has 0 aliphatic heterocycles. The summed E-state index contributed by atoms with van der Waals surface area (Å²) in [6.45, 7) is 4.95. The van der Waals surface area contributed by atoms with Crippen molar-refractivity contribution in [3.8, 4) is 22.9 Å². The molecule has 0 aliphatic rings. The van der Waals surface area contributed by atoms with Gasteiger partial charge in [-0.3, -0.25) is 19.3 Å². The van der Waals surface area contributed by atoms with Crippen LogP contribution in [0.25, 0.3) is 16.6 Å². The molecule has 3 N–H and O–H groups in total. The summed E-state index contributed by atoms with van der Waals surface area (Å²) in [5, 5.41) is 15.5.